The van der Waals surface area contributed by atoms with Crippen LogP contribution in [0.25, 0.3) is 0 Å². The van der Waals surface area contributed by atoms with Gasteiger partial charge in [-0.2, -0.15) is 18.4 Å². The summed E-state index contributed by atoms with van der Waals surface area (Å²) in [4.78, 5) is 0. The number of alkyl halides is 3. The first kappa shape index (κ1) is 14.7. The number of methoxy groups -OCH3 is 1. The molecule has 1 N–H and O–H groups in total. The summed E-state index contributed by atoms with van der Waals surface area (Å²) < 4.78 is 43.3. The molecule has 0 aliphatic carbocycles. The smallest absolute Gasteiger partial charge is 0.417 e. The van der Waals surface area contributed by atoms with Gasteiger partial charge in [0, 0.05) is 5.69 Å². The molecule has 3 nitrogen and oxygen atoms in total. The maximum absolute atomic E-state index is 12.7. The van der Waals surface area contributed by atoms with Crippen LogP contribution in [0, 0.1) is 11.3 Å². The van der Waals surface area contributed by atoms with Crippen molar-refractivity contribution in [1.29, 1.82) is 5.26 Å². The molecule has 2 aromatic carbocycles. The summed E-state index contributed by atoms with van der Waals surface area (Å²) in [6.07, 6.45) is -4.55. The Morgan fingerprint density at radius 2 is 1.86 bits per heavy atom. The molecule has 0 amide bonds. The largest absolute Gasteiger partial charge is 0.495 e. The van der Waals surface area contributed by atoms with Gasteiger partial charge in [0.15, 0.2) is 0 Å². The number of ether oxygens (including phenoxy) is 1. The highest BCUT2D eigenvalue weighted by Gasteiger charge is 2.33. The minimum absolute atomic E-state index is 0.379. The van der Waals surface area contributed by atoms with Crippen molar-refractivity contribution in [2.75, 3.05) is 12.4 Å². The summed E-state index contributed by atoms with van der Waals surface area (Å²) in [5.74, 6) is 0.552. The Balaban J connectivity index is 2.37. The van der Waals surface area contributed by atoms with Gasteiger partial charge in [-0.1, -0.05) is 12.1 Å². The van der Waals surface area contributed by atoms with Crippen molar-refractivity contribution in [2.24, 2.45) is 0 Å². The molecule has 0 saturated heterocycles. The minimum atomic E-state index is -4.55. The van der Waals surface area contributed by atoms with Gasteiger partial charge >= 0.3 is 6.18 Å². The third-order valence-corrected chi connectivity index (χ3v) is 2.83. The van der Waals surface area contributed by atoms with Crippen molar-refractivity contribution in [2.45, 2.75) is 6.18 Å². The molecule has 0 saturated carbocycles. The number of benzene rings is 2. The van der Waals surface area contributed by atoms with Crippen LogP contribution in [0.1, 0.15) is 11.1 Å². The van der Waals surface area contributed by atoms with Crippen molar-refractivity contribution in [3.63, 3.8) is 0 Å². The molecule has 0 aromatic heterocycles. The summed E-state index contributed by atoms with van der Waals surface area (Å²) in [7, 11) is 1.49. The SMILES string of the molecule is COc1ccccc1Nc1ccc(C(F)(F)F)c(C#N)c1. The summed E-state index contributed by atoms with van der Waals surface area (Å²) in [6, 6.07) is 11.9. The Kier molecular flexibility index (Phi) is 4.03. The van der Waals surface area contributed by atoms with Crippen molar-refractivity contribution < 1.29 is 17.9 Å². The second-order valence-corrected chi connectivity index (χ2v) is 4.20. The van der Waals surface area contributed by atoms with Crippen molar-refractivity contribution >= 4 is 11.4 Å². The first-order valence-corrected chi connectivity index (χ1v) is 5.97. The number of nitrogens with one attached hydrogen (secondary N) is 1. The van der Waals surface area contributed by atoms with E-state index in [0.717, 1.165) is 12.1 Å². The third-order valence-electron chi connectivity index (χ3n) is 2.83. The summed E-state index contributed by atoms with van der Waals surface area (Å²) >= 11 is 0. The normalized spacial score (nSPS) is 10.8. The van der Waals surface area contributed by atoms with E-state index >= 15 is 0 Å². The summed E-state index contributed by atoms with van der Waals surface area (Å²) in [5.41, 5.74) is -0.398. The van der Waals surface area contributed by atoms with Gasteiger partial charge < -0.3 is 10.1 Å². The van der Waals surface area contributed by atoms with Crippen molar-refractivity contribution in [3.05, 3.63) is 53.6 Å². The van der Waals surface area contributed by atoms with E-state index < -0.39 is 17.3 Å². The van der Waals surface area contributed by atoms with Gasteiger partial charge in [0.1, 0.15) is 5.75 Å². The highest BCUT2D eigenvalue weighted by molar-refractivity contribution is 5.67. The third kappa shape index (κ3) is 3.26. The van der Waals surface area contributed by atoms with Gasteiger partial charge in [-0.05, 0) is 30.3 Å². The Morgan fingerprint density at radius 1 is 1.14 bits per heavy atom. The van der Waals surface area contributed by atoms with E-state index in [1.165, 1.54) is 13.2 Å². The molecular formula is C15H11F3N2O. The lowest BCUT2D eigenvalue weighted by molar-refractivity contribution is -0.137. The number of hydrogen-bond acceptors (Lipinski definition) is 3. The molecule has 0 aliphatic heterocycles. The van der Waals surface area contributed by atoms with Crippen molar-refractivity contribution in [3.8, 4) is 11.8 Å². The fourth-order valence-electron chi connectivity index (χ4n) is 1.87. The maximum atomic E-state index is 12.7. The molecule has 0 unspecified atom stereocenters. The fraction of sp³-hybridized carbons (Fsp3) is 0.133. The number of nitrogens with zero attached hydrogens (tertiary/aromatic N) is 1. The standard InChI is InChI=1S/C15H11F3N2O/c1-21-14-5-3-2-4-13(14)20-11-6-7-12(15(16,17)18)10(8-11)9-19/h2-8,20H,1H3. The fourth-order valence-corrected chi connectivity index (χ4v) is 1.87. The molecule has 2 aromatic rings. The van der Waals surface area contributed by atoms with E-state index in [1.54, 1.807) is 30.3 Å². The molecule has 2 rings (SSSR count). The average molecular weight is 292 g/mol. The van der Waals surface area contributed by atoms with E-state index in [4.69, 9.17) is 10.00 Å². The van der Waals surface area contributed by atoms with Gasteiger partial charge in [0.2, 0.25) is 0 Å². The molecule has 0 radical (unpaired) electrons. The quantitative estimate of drug-likeness (QED) is 0.915. The molecule has 0 heterocycles. The van der Waals surface area contributed by atoms with E-state index in [0.29, 0.717) is 17.1 Å². The lowest BCUT2D eigenvalue weighted by Gasteiger charge is -2.13. The molecule has 6 heteroatoms. The number of rotatable bonds is 3. The number of anilines is 2. The van der Waals surface area contributed by atoms with Crippen LogP contribution >= 0.6 is 0 Å². The van der Waals surface area contributed by atoms with Crippen LogP contribution in [-0.4, -0.2) is 7.11 Å². The van der Waals surface area contributed by atoms with Crippen LogP contribution in [0.4, 0.5) is 24.5 Å². The van der Waals surface area contributed by atoms with E-state index in [1.807, 2.05) is 0 Å². The molecule has 0 spiro atoms. The van der Waals surface area contributed by atoms with Crippen LogP contribution in [0.5, 0.6) is 5.75 Å². The summed E-state index contributed by atoms with van der Waals surface area (Å²) in [6.45, 7) is 0. The molecule has 108 valence electrons. The second kappa shape index (κ2) is 5.75. The minimum Gasteiger partial charge on any atom is -0.495 e. The molecule has 0 atom stereocenters. The highest BCUT2D eigenvalue weighted by Crippen LogP contribution is 2.34. The topological polar surface area (TPSA) is 45.0 Å². The first-order chi connectivity index (χ1) is 9.95. The van der Waals surface area contributed by atoms with Gasteiger partial charge in [-0.3, -0.25) is 0 Å². The van der Waals surface area contributed by atoms with E-state index in [9.17, 15) is 13.2 Å². The zero-order valence-corrected chi connectivity index (χ0v) is 11.0. The molecule has 0 fully saturated rings. The van der Waals surface area contributed by atoms with Crippen LogP contribution in [0.3, 0.4) is 0 Å². The number of hydrogen-bond donors (Lipinski definition) is 1. The van der Waals surface area contributed by atoms with Gasteiger partial charge in [0.05, 0.1) is 30.0 Å². The monoisotopic (exact) mass is 292 g/mol. The predicted molar refractivity (Wildman–Crippen MR) is 72.4 cm³/mol. The number of halogens is 3. The Hall–Kier alpha value is -2.68. The van der Waals surface area contributed by atoms with Gasteiger partial charge in [-0.15, -0.1) is 0 Å². The zero-order valence-electron chi connectivity index (χ0n) is 11.0. The van der Waals surface area contributed by atoms with E-state index in [2.05, 4.69) is 5.32 Å². The first-order valence-electron chi connectivity index (χ1n) is 5.97. The molecular weight excluding hydrogens is 281 g/mol. The maximum Gasteiger partial charge on any atom is 0.417 e. The van der Waals surface area contributed by atoms with Gasteiger partial charge in [0.25, 0.3) is 0 Å². The van der Waals surface area contributed by atoms with Gasteiger partial charge in [-0.25, -0.2) is 0 Å². The lowest BCUT2D eigenvalue weighted by atomic mass is 10.1. The van der Waals surface area contributed by atoms with Crippen LogP contribution in [0.15, 0.2) is 42.5 Å². The lowest BCUT2D eigenvalue weighted by Crippen LogP contribution is -2.08. The molecule has 0 bridgehead atoms. The van der Waals surface area contributed by atoms with Crippen LogP contribution in [-0.2, 0) is 6.18 Å². The number of nitriles is 1. The van der Waals surface area contributed by atoms with Crippen molar-refractivity contribution in [1.82, 2.24) is 0 Å². The second-order valence-electron chi connectivity index (χ2n) is 4.20. The van der Waals surface area contributed by atoms with Crippen LogP contribution < -0.4 is 10.1 Å². The average Bonchev–Trinajstić information content (AvgIpc) is 2.46. The Labute approximate surface area is 119 Å². The Bertz CT molecular complexity index is 690. The molecule has 0 aliphatic rings. The number of para-hydroxylation sites is 2. The molecule has 21 heavy (non-hydrogen) atoms. The highest BCUT2D eigenvalue weighted by atomic mass is 19.4. The Morgan fingerprint density at radius 3 is 2.48 bits per heavy atom. The van der Waals surface area contributed by atoms with Crippen LogP contribution in [0.2, 0.25) is 0 Å². The zero-order chi connectivity index (χ0) is 15.5. The van der Waals surface area contributed by atoms with E-state index in [-0.39, 0.29) is 0 Å². The predicted octanol–water partition coefficient (Wildman–Crippen LogP) is 4.33. The summed E-state index contributed by atoms with van der Waals surface area (Å²) in [5, 5.41) is 11.8.